The van der Waals surface area contributed by atoms with Crippen molar-refractivity contribution in [2.45, 2.75) is 373 Å². The Morgan fingerprint density at radius 2 is 0.671 bits per heavy atom. The smallest absolute Gasteiger partial charge is 0.305 e. The molecule has 0 radical (unpaired) electrons. The van der Waals surface area contributed by atoms with E-state index < -0.39 is 12.1 Å². The van der Waals surface area contributed by atoms with Crippen LogP contribution in [0.25, 0.3) is 0 Å². The molecule has 0 spiro atoms. The molecule has 0 bridgehead atoms. The minimum atomic E-state index is -0.676. The number of hydrogen-bond donors (Lipinski definition) is 3. The molecular formula is C64H125NO5. The zero-order chi connectivity index (χ0) is 50.7. The van der Waals surface area contributed by atoms with Crippen LogP contribution < -0.4 is 5.32 Å². The Labute approximate surface area is 438 Å². The van der Waals surface area contributed by atoms with Crippen molar-refractivity contribution in [3.63, 3.8) is 0 Å². The lowest BCUT2D eigenvalue weighted by molar-refractivity contribution is -0.143. The average Bonchev–Trinajstić information content (AvgIpc) is 3.36. The van der Waals surface area contributed by atoms with Crippen LogP contribution in [0, 0.1) is 0 Å². The number of esters is 1. The molecule has 1 amide bonds. The topological polar surface area (TPSA) is 95.9 Å². The van der Waals surface area contributed by atoms with E-state index in [-0.39, 0.29) is 18.5 Å². The van der Waals surface area contributed by atoms with Gasteiger partial charge in [0.05, 0.1) is 25.4 Å². The molecule has 6 nitrogen and oxygen atoms in total. The summed E-state index contributed by atoms with van der Waals surface area (Å²) in [4.78, 5) is 24.6. The van der Waals surface area contributed by atoms with Crippen LogP contribution in [0.15, 0.2) is 12.2 Å². The zero-order valence-electron chi connectivity index (χ0n) is 47.5. The van der Waals surface area contributed by atoms with Crippen molar-refractivity contribution in [1.29, 1.82) is 0 Å². The number of nitrogens with one attached hydrogen (secondary N) is 1. The van der Waals surface area contributed by atoms with Crippen molar-refractivity contribution in [3.8, 4) is 0 Å². The van der Waals surface area contributed by atoms with Gasteiger partial charge >= 0.3 is 5.97 Å². The fraction of sp³-hybridized carbons (Fsp3) is 0.938. The fourth-order valence-corrected chi connectivity index (χ4v) is 10.2. The maximum atomic E-state index is 12.5. The third kappa shape index (κ3) is 55.9. The van der Waals surface area contributed by atoms with Gasteiger partial charge in [0, 0.05) is 12.8 Å². The summed E-state index contributed by atoms with van der Waals surface area (Å²) in [6.45, 7) is 4.95. The molecule has 0 heterocycles. The Morgan fingerprint density at radius 3 is 1.01 bits per heavy atom. The highest BCUT2D eigenvalue weighted by Crippen LogP contribution is 2.18. The molecule has 0 rings (SSSR count). The van der Waals surface area contributed by atoms with Gasteiger partial charge in [-0.1, -0.05) is 309 Å². The van der Waals surface area contributed by atoms with E-state index in [0.29, 0.717) is 25.9 Å². The van der Waals surface area contributed by atoms with Crippen LogP contribution >= 0.6 is 0 Å². The Kier molecular flexibility index (Phi) is 59.0. The summed E-state index contributed by atoms with van der Waals surface area (Å²) in [5.41, 5.74) is 0. The second kappa shape index (κ2) is 60.2. The van der Waals surface area contributed by atoms with Crippen LogP contribution in [-0.4, -0.2) is 47.4 Å². The third-order valence-electron chi connectivity index (χ3n) is 15.1. The van der Waals surface area contributed by atoms with Crippen LogP contribution in [0.2, 0.25) is 0 Å². The lowest BCUT2D eigenvalue weighted by Crippen LogP contribution is -2.45. The van der Waals surface area contributed by atoms with E-state index in [2.05, 4.69) is 31.3 Å². The van der Waals surface area contributed by atoms with E-state index in [4.69, 9.17) is 4.74 Å². The number of rotatable bonds is 60. The van der Waals surface area contributed by atoms with Gasteiger partial charge < -0.3 is 20.3 Å². The normalized spacial score (nSPS) is 12.6. The van der Waals surface area contributed by atoms with Crippen LogP contribution in [0.1, 0.15) is 361 Å². The fourth-order valence-electron chi connectivity index (χ4n) is 10.2. The maximum Gasteiger partial charge on any atom is 0.305 e. The van der Waals surface area contributed by atoms with E-state index in [9.17, 15) is 19.8 Å². The number of hydrogen-bond acceptors (Lipinski definition) is 5. The van der Waals surface area contributed by atoms with Gasteiger partial charge in [0.2, 0.25) is 5.91 Å². The predicted octanol–water partition coefficient (Wildman–Crippen LogP) is 20.0. The molecule has 0 aromatic heterocycles. The van der Waals surface area contributed by atoms with Crippen molar-refractivity contribution in [2.75, 3.05) is 13.2 Å². The van der Waals surface area contributed by atoms with Gasteiger partial charge in [-0.05, 0) is 51.4 Å². The van der Waals surface area contributed by atoms with Crippen LogP contribution in [0.5, 0.6) is 0 Å². The Hall–Kier alpha value is -1.40. The minimum absolute atomic E-state index is 0.0150. The van der Waals surface area contributed by atoms with Crippen LogP contribution in [0.4, 0.5) is 0 Å². The van der Waals surface area contributed by atoms with Crippen LogP contribution in [-0.2, 0) is 14.3 Å². The molecule has 0 aromatic rings. The first-order chi connectivity index (χ1) is 34.5. The van der Waals surface area contributed by atoms with Crippen molar-refractivity contribution in [1.82, 2.24) is 5.32 Å². The summed E-state index contributed by atoms with van der Waals surface area (Å²) in [7, 11) is 0. The second-order valence-corrected chi connectivity index (χ2v) is 22.1. The summed E-state index contributed by atoms with van der Waals surface area (Å²) in [6, 6.07) is -0.554. The highest BCUT2D eigenvalue weighted by Gasteiger charge is 2.20. The summed E-state index contributed by atoms with van der Waals surface area (Å²) in [5, 5.41) is 23.4. The number of carbonyl (C=O) groups excluding carboxylic acids is 2. The molecule has 0 saturated carbocycles. The van der Waals surface area contributed by atoms with Gasteiger partial charge in [-0.25, -0.2) is 0 Å². The number of ether oxygens (including phenoxy) is 1. The van der Waals surface area contributed by atoms with Crippen molar-refractivity contribution >= 4 is 11.9 Å². The number of aliphatic hydroxyl groups excluding tert-OH is 2. The largest absolute Gasteiger partial charge is 0.466 e. The zero-order valence-corrected chi connectivity index (χ0v) is 47.5. The summed E-state index contributed by atoms with van der Waals surface area (Å²) in [5.74, 6) is -0.0613. The van der Waals surface area contributed by atoms with Gasteiger partial charge in [-0.3, -0.25) is 9.59 Å². The van der Waals surface area contributed by atoms with Gasteiger partial charge in [0.15, 0.2) is 0 Å². The van der Waals surface area contributed by atoms with Gasteiger partial charge in [0.1, 0.15) is 0 Å². The molecule has 2 atom stereocenters. The van der Waals surface area contributed by atoms with Crippen molar-refractivity contribution in [2.24, 2.45) is 0 Å². The van der Waals surface area contributed by atoms with Crippen LogP contribution in [0.3, 0.4) is 0 Å². The number of allylic oxidation sites excluding steroid dienone is 2. The monoisotopic (exact) mass is 988 g/mol. The number of amides is 1. The summed E-state index contributed by atoms with van der Waals surface area (Å²) < 4.78 is 5.48. The van der Waals surface area contributed by atoms with Crippen molar-refractivity contribution in [3.05, 3.63) is 12.2 Å². The minimum Gasteiger partial charge on any atom is -0.466 e. The number of carbonyl (C=O) groups is 2. The maximum absolute atomic E-state index is 12.5. The highest BCUT2D eigenvalue weighted by molar-refractivity contribution is 5.76. The third-order valence-corrected chi connectivity index (χ3v) is 15.1. The SMILES string of the molecule is CCCCCCCCC/C=C\CCCCCCCC(=O)OCCCCCCCCCCCCCCC(=O)NC(CO)C(O)CCCCCCCCCCCCCCCCCCCCCCCCCCC. The molecule has 0 saturated heterocycles. The second-order valence-electron chi connectivity index (χ2n) is 22.1. The van der Waals surface area contributed by atoms with Gasteiger partial charge in [-0.15, -0.1) is 0 Å². The first-order valence-electron chi connectivity index (χ1n) is 31.9. The number of aliphatic hydroxyl groups is 2. The standard InChI is InChI=1S/C64H125NO5/c1-3-5-7-9-11-13-15-17-19-21-22-23-24-25-26-27-28-29-30-32-36-40-44-48-52-56-62(67)61(60-66)65-63(68)57-53-49-45-41-37-34-35-39-43-47-51-55-59-70-64(69)58-54-50-46-42-38-33-31-20-18-16-14-12-10-8-6-4-2/h20,31,61-62,66-67H,3-19,21-30,32-60H2,1-2H3,(H,65,68)/b31-20-. The van der Waals surface area contributed by atoms with E-state index in [1.807, 2.05) is 0 Å². The molecule has 0 aliphatic carbocycles. The first kappa shape index (κ1) is 68.6. The summed E-state index contributed by atoms with van der Waals surface area (Å²) in [6.07, 6.45) is 72.2. The lowest BCUT2D eigenvalue weighted by atomic mass is 10.0. The molecule has 2 unspecified atom stereocenters. The lowest BCUT2D eigenvalue weighted by Gasteiger charge is -2.22. The van der Waals surface area contributed by atoms with Gasteiger partial charge in [-0.2, -0.15) is 0 Å². The van der Waals surface area contributed by atoms with E-state index in [0.717, 1.165) is 57.8 Å². The summed E-state index contributed by atoms with van der Waals surface area (Å²) >= 11 is 0. The quantitative estimate of drug-likeness (QED) is 0.0321. The molecule has 0 aliphatic heterocycles. The van der Waals surface area contributed by atoms with E-state index in [1.54, 1.807) is 0 Å². The van der Waals surface area contributed by atoms with E-state index >= 15 is 0 Å². The predicted molar refractivity (Wildman–Crippen MR) is 306 cm³/mol. The molecular weight excluding hydrogens is 863 g/mol. The molecule has 0 fully saturated rings. The Morgan fingerprint density at radius 1 is 0.386 bits per heavy atom. The molecule has 70 heavy (non-hydrogen) atoms. The molecule has 3 N–H and O–H groups in total. The van der Waals surface area contributed by atoms with Crippen molar-refractivity contribution < 1.29 is 24.5 Å². The molecule has 0 aliphatic rings. The highest BCUT2D eigenvalue weighted by atomic mass is 16.5. The first-order valence-corrected chi connectivity index (χ1v) is 31.9. The molecule has 6 heteroatoms. The average molecular weight is 989 g/mol. The number of unbranched alkanes of at least 4 members (excludes halogenated alkanes) is 47. The Bertz CT molecular complexity index is 1050. The van der Waals surface area contributed by atoms with E-state index in [1.165, 1.54) is 270 Å². The molecule has 416 valence electrons. The molecule has 0 aromatic carbocycles. The van der Waals surface area contributed by atoms with Gasteiger partial charge in [0.25, 0.3) is 0 Å². The Balaban J connectivity index is 3.43.